The molecule has 0 spiro atoms. The fraction of sp³-hybridized carbons (Fsp3) is 0.174. The van der Waals surface area contributed by atoms with Gasteiger partial charge in [-0.15, -0.1) is 0 Å². The monoisotopic (exact) mass is 423 g/mol. The Bertz CT molecular complexity index is 1100. The lowest BCUT2D eigenvalue weighted by atomic mass is 9.89. The van der Waals surface area contributed by atoms with Crippen LogP contribution in [0.2, 0.25) is 5.02 Å². The van der Waals surface area contributed by atoms with Gasteiger partial charge in [-0.2, -0.15) is 0 Å². The number of carbonyl (C=O) groups is 1. The van der Waals surface area contributed by atoms with Crippen LogP contribution in [0.3, 0.4) is 0 Å². The third kappa shape index (κ3) is 3.19. The molecular formula is C23H18ClNO5. The highest BCUT2D eigenvalue weighted by atomic mass is 35.5. The van der Waals surface area contributed by atoms with Crippen LogP contribution in [-0.4, -0.2) is 25.9 Å². The minimum absolute atomic E-state index is 0.143. The zero-order valence-corrected chi connectivity index (χ0v) is 16.8. The number of amides is 1. The lowest BCUT2D eigenvalue weighted by molar-refractivity contribution is -0.135. The van der Waals surface area contributed by atoms with Crippen LogP contribution >= 0.6 is 11.6 Å². The predicted octanol–water partition coefficient (Wildman–Crippen LogP) is 4.61. The number of nitrogens with zero attached hydrogens (tertiary/aromatic N) is 1. The van der Waals surface area contributed by atoms with Crippen molar-refractivity contribution in [2.75, 3.05) is 18.8 Å². The van der Waals surface area contributed by atoms with Crippen LogP contribution in [0.1, 0.15) is 11.6 Å². The van der Waals surface area contributed by atoms with E-state index in [2.05, 4.69) is 0 Å². The van der Waals surface area contributed by atoms with Crippen molar-refractivity contribution in [3.63, 3.8) is 0 Å². The van der Waals surface area contributed by atoms with Gasteiger partial charge in [0.1, 0.15) is 17.5 Å². The van der Waals surface area contributed by atoms with E-state index in [1.165, 1.54) is 0 Å². The number of rotatable bonds is 5. The molecule has 1 saturated heterocycles. The van der Waals surface area contributed by atoms with E-state index in [1.54, 1.807) is 48.4 Å². The van der Waals surface area contributed by atoms with Crippen molar-refractivity contribution in [2.45, 2.75) is 12.1 Å². The lowest BCUT2D eigenvalue weighted by Crippen LogP contribution is -2.61. The normalized spacial score (nSPS) is 19.4. The molecule has 6 nitrogen and oxygen atoms in total. The average Bonchev–Trinajstić information content (AvgIpc) is 3.23. The molecule has 1 fully saturated rings. The number of benzene rings is 3. The molecule has 3 aromatic rings. The molecule has 2 aliphatic heterocycles. The number of ether oxygens (including phenoxy) is 4. The number of β-lactam (4-membered cyclic amide) rings is 1. The molecule has 2 heterocycles. The summed E-state index contributed by atoms with van der Waals surface area (Å²) >= 11 is 6.17. The van der Waals surface area contributed by atoms with Crippen LogP contribution in [0.15, 0.2) is 66.7 Å². The van der Waals surface area contributed by atoms with Crippen molar-refractivity contribution in [3.8, 4) is 23.0 Å². The second-order valence-corrected chi connectivity index (χ2v) is 7.40. The summed E-state index contributed by atoms with van der Waals surface area (Å²) in [6.07, 6.45) is -0.683. The molecule has 0 aliphatic carbocycles. The number of carbonyl (C=O) groups excluding carboxylic acids is 1. The molecule has 2 atom stereocenters. The van der Waals surface area contributed by atoms with Crippen molar-refractivity contribution in [1.82, 2.24) is 0 Å². The first-order valence-electron chi connectivity index (χ1n) is 9.43. The SMILES string of the molecule is COc1ccc(O[C@@H]2C(=O)N(c3cccc(Cl)c3)[C@H]2c2ccc3c(c2)OCO3)cc1. The summed E-state index contributed by atoms with van der Waals surface area (Å²) in [4.78, 5) is 14.8. The van der Waals surface area contributed by atoms with Gasteiger partial charge < -0.3 is 18.9 Å². The maximum Gasteiger partial charge on any atom is 0.271 e. The highest BCUT2D eigenvalue weighted by molar-refractivity contribution is 6.31. The average molecular weight is 424 g/mol. The lowest BCUT2D eigenvalue weighted by Gasteiger charge is -2.46. The van der Waals surface area contributed by atoms with Gasteiger partial charge in [0.2, 0.25) is 12.9 Å². The minimum atomic E-state index is -0.683. The van der Waals surface area contributed by atoms with Crippen molar-refractivity contribution in [2.24, 2.45) is 0 Å². The highest BCUT2D eigenvalue weighted by Crippen LogP contribution is 2.44. The Balaban J connectivity index is 1.50. The minimum Gasteiger partial charge on any atom is -0.497 e. The second kappa shape index (κ2) is 7.46. The molecule has 7 heteroatoms. The Morgan fingerprint density at radius 3 is 2.50 bits per heavy atom. The van der Waals surface area contributed by atoms with Crippen molar-refractivity contribution >= 4 is 23.2 Å². The smallest absolute Gasteiger partial charge is 0.271 e. The maximum atomic E-state index is 13.1. The summed E-state index contributed by atoms with van der Waals surface area (Å²) in [6.45, 7) is 0.187. The number of fused-ring (bicyclic) bond motifs is 1. The van der Waals surface area contributed by atoms with E-state index in [9.17, 15) is 4.79 Å². The third-order valence-corrected chi connectivity index (χ3v) is 5.43. The summed E-state index contributed by atoms with van der Waals surface area (Å²) in [5.41, 5.74) is 1.60. The van der Waals surface area contributed by atoms with E-state index in [-0.39, 0.29) is 18.7 Å². The van der Waals surface area contributed by atoms with Gasteiger partial charge in [-0.25, -0.2) is 0 Å². The van der Waals surface area contributed by atoms with E-state index in [4.69, 9.17) is 30.5 Å². The zero-order valence-electron chi connectivity index (χ0n) is 16.1. The van der Waals surface area contributed by atoms with Gasteiger partial charge >= 0.3 is 0 Å². The number of methoxy groups -OCH3 is 1. The Morgan fingerprint density at radius 1 is 0.967 bits per heavy atom. The fourth-order valence-electron chi connectivity index (χ4n) is 3.71. The molecule has 30 heavy (non-hydrogen) atoms. The molecule has 0 saturated carbocycles. The molecule has 0 aromatic heterocycles. The van der Waals surface area contributed by atoms with E-state index in [1.807, 2.05) is 30.3 Å². The van der Waals surface area contributed by atoms with E-state index >= 15 is 0 Å². The Labute approximate surface area is 178 Å². The van der Waals surface area contributed by atoms with Crippen molar-refractivity contribution < 1.29 is 23.7 Å². The third-order valence-electron chi connectivity index (χ3n) is 5.19. The highest BCUT2D eigenvalue weighted by Gasteiger charge is 2.51. The molecule has 1 amide bonds. The second-order valence-electron chi connectivity index (χ2n) is 6.96. The van der Waals surface area contributed by atoms with Crippen LogP contribution in [0.4, 0.5) is 5.69 Å². The molecule has 152 valence electrons. The first kappa shape index (κ1) is 18.6. The standard InChI is InChI=1S/C23H18ClNO5/c1-27-17-6-8-18(9-7-17)30-22-21(14-5-10-19-20(11-14)29-13-28-19)25(23(22)26)16-4-2-3-15(24)12-16/h2-12,21-22H,13H2,1H3/t21-,22-/m0/s1. The first-order valence-corrected chi connectivity index (χ1v) is 9.81. The molecule has 0 radical (unpaired) electrons. The van der Waals surface area contributed by atoms with Crippen molar-refractivity contribution in [1.29, 1.82) is 0 Å². The summed E-state index contributed by atoms with van der Waals surface area (Å²) in [5, 5.41) is 0.559. The van der Waals surface area contributed by atoms with E-state index in [0.29, 0.717) is 28.0 Å². The molecule has 0 bridgehead atoms. The molecule has 0 unspecified atom stereocenters. The number of halogens is 1. The Kier molecular flexibility index (Phi) is 4.64. The number of hydrogen-bond donors (Lipinski definition) is 0. The summed E-state index contributed by atoms with van der Waals surface area (Å²) in [7, 11) is 1.60. The van der Waals surface area contributed by atoms with Gasteiger partial charge in [-0.1, -0.05) is 23.7 Å². The van der Waals surface area contributed by atoms with E-state index < -0.39 is 6.10 Å². The Hall–Kier alpha value is -3.38. The summed E-state index contributed by atoms with van der Waals surface area (Å²) in [5.74, 6) is 2.50. The molecule has 2 aliphatic rings. The van der Waals surface area contributed by atoms with Gasteiger partial charge in [0.25, 0.3) is 5.91 Å². The van der Waals surface area contributed by atoms with Gasteiger partial charge in [0.15, 0.2) is 11.5 Å². The largest absolute Gasteiger partial charge is 0.497 e. The van der Waals surface area contributed by atoms with Crippen LogP contribution in [0.5, 0.6) is 23.0 Å². The van der Waals surface area contributed by atoms with E-state index in [0.717, 1.165) is 11.3 Å². The number of hydrogen-bond acceptors (Lipinski definition) is 5. The van der Waals surface area contributed by atoms with Crippen LogP contribution in [0.25, 0.3) is 0 Å². The molecule has 0 N–H and O–H groups in total. The van der Waals surface area contributed by atoms with Crippen molar-refractivity contribution in [3.05, 3.63) is 77.3 Å². The first-order chi connectivity index (χ1) is 14.6. The quantitative estimate of drug-likeness (QED) is 0.561. The van der Waals surface area contributed by atoms with Gasteiger partial charge in [-0.05, 0) is 60.2 Å². The zero-order chi connectivity index (χ0) is 20.7. The van der Waals surface area contributed by atoms with Crippen LogP contribution in [0, 0.1) is 0 Å². The fourth-order valence-corrected chi connectivity index (χ4v) is 3.90. The molecule has 5 rings (SSSR count). The Morgan fingerprint density at radius 2 is 1.73 bits per heavy atom. The molecule has 3 aromatic carbocycles. The maximum absolute atomic E-state index is 13.1. The summed E-state index contributed by atoms with van der Waals surface area (Å²) < 4.78 is 22.2. The van der Waals surface area contributed by atoms with Gasteiger partial charge in [-0.3, -0.25) is 9.69 Å². The summed E-state index contributed by atoms with van der Waals surface area (Å²) in [6, 6.07) is 19.7. The van der Waals surface area contributed by atoms with Gasteiger partial charge in [0.05, 0.1) is 7.11 Å². The van der Waals surface area contributed by atoms with Crippen LogP contribution < -0.4 is 23.8 Å². The topological polar surface area (TPSA) is 57.2 Å². The predicted molar refractivity (Wildman–Crippen MR) is 112 cm³/mol. The number of anilines is 1. The molecular weight excluding hydrogens is 406 g/mol. The van der Waals surface area contributed by atoms with Crippen LogP contribution in [-0.2, 0) is 4.79 Å². The van der Waals surface area contributed by atoms with Gasteiger partial charge in [0, 0.05) is 10.7 Å².